The van der Waals surface area contributed by atoms with E-state index in [-0.39, 0.29) is 46.6 Å². The van der Waals surface area contributed by atoms with Gasteiger partial charge < -0.3 is 19.5 Å². The van der Waals surface area contributed by atoms with Gasteiger partial charge in [-0.2, -0.15) is 5.26 Å². The number of nitriles is 1. The van der Waals surface area contributed by atoms with Crippen molar-refractivity contribution in [3.63, 3.8) is 0 Å². The number of halogens is 2. The number of benzene rings is 1. The maximum Gasteiger partial charge on any atom is 0.270 e. The van der Waals surface area contributed by atoms with Gasteiger partial charge in [-0.15, -0.1) is 0 Å². The number of nitrogens with one attached hydrogen (secondary N) is 1. The number of aromatic nitrogens is 3. The molecule has 1 N–H and O–H groups in total. The van der Waals surface area contributed by atoms with Gasteiger partial charge in [0.15, 0.2) is 17.5 Å². The molecule has 0 saturated heterocycles. The summed E-state index contributed by atoms with van der Waals surface area (Å²) in [5.41, 5.74) is 2.38. The average Bonchev–Trinajstić information content (AvgIpc) is 3.68. The minimum Gasteiger partial charge on any atom is -0.481 e. The number of fused-ring (bicyclic) bond motifs is 3. The van der Waals surface area contributed by atoms with E-state index in [0.29, 0.717) is 18.5 Å². The summed E-state index contributed by atoms with van der Waals surface area (Å²) in [6, 6.07) is 8.79. The zero-order valence-electron chi connectivity index (χ0n) is 21.1. The van der Waals surface area contributed by atoms with Crippen molar-refractivity contribution in [1.29, 1.82) is 5.26 Å². The summed E-state index contributed by atoms with van der Waals surface area (Å²) >= 11 is 6.27. The molecule has 9 nitrogen and oxygen atoms in total. The molecule has 4 heterocycles. The lowest BCUT2D eigenvalue weighted by atomic mass is 9.93. The molecule has 3 aliphatic rings. The zero-order valence-corrected chi connectivity index (χ0v) is 21.9. The lowest BCUT2D eigenvalue weighted by molar-refractivity contribution is -0.135. The highest BCUT2D eigenvalue weighted by Gasteiger charge is 2.38. The molecule has 0 bridgehead atoms. The molecular formula is C28H26ClFN6O3. The standard InChI is InChI=1S/C28H26ClFN6O3/c29-27-22(9-8-21(34-27)28(38)32-17-5-6-17)39-15-24(37)36-12-10-20-26(35-11-2-1-3-23(35)33-20)25(36)18-7-4-16(14-31)13-19(18)30/h4,7-9,13,17,25H,1-3,5-6,10-12,15H2,(H,32,38). The topological polar surface area (TPSA) is 113 Å². The second-order valence-electron chi connectivity index (χ2n) is 10.1. The van der Waals surface area contributed by atoms with E-state index in [9.17, 15) is 14.9 Å². The third-order valence-electron chi connectivity index (χ3n) is 7.41. The summed E-state index contributed by atoms with van der Waals surface area (Å²) in [5, 5.41) is 12.1. The van der Waals surface area contributed by atoms with Crippen LogP contribution < -0.4 is 10.1 Å². The van der Waals surface area contributed by atoms with Gasteiger partial charge in [0.25, 0.3) is 11.8 Å². The molecule has 3 aromatic rings. The molecule has 1 fully saturated rings. The fourth-order valence-electron chi connectivity index (χ4n) is 5.32. The number of imidazole rings is 1. The van der Waals surface area contributed by atoms with E-state index >= 15 is 4.39 Å². The van der Waals surface area contributed by atoms with Crippen LogP contribution >= 0.6 is 11.6 Å². The Hall–Kier alpha value is -3.97. The van der Waals surface area contributed by atoms with Crippen LogP contribution in [0, 0.1) is 17.1 Å². The fraction of sp³-hybridized carbons (Fsp3) is 0.393. The molecular weight excluding hydrogens is 523 g/mol. The van der Waals surface area contributed by atoms with E-state index < -0.39 is 11.9 Å². The van der Waals surface area contributed by atoms with Gasteiger partial charge in [0.1, 0.15) is 23.4 Å². The summed E-state index contributed by atoms with van der Waals surface area (Å²) in [7, 11) is 0. The highest BCUT2D eigenvalue weighted by Crippen LogP contribution is 2.38. The van der Waals surface area contributed by atoms with Crippen molar-refractivity contribution in [2.24, 2.45) is 0 Å². The van der Waals surface area contributed by atoms with Gasteiger partial charge in [-0.25, -0.2) is 14.4 Å². The van der Waals surface area contributed by atoms with Crippen LogP contribution in [-0.2, 0) is 24.2 Å². The molecule has 1 aliphatic carbocycles. The summed E-state index contributed by atoms with van der Waals surface area (Å²) in [6.07, 6.45) is 5.32. The number of carbonyl (C=O) groups excluding carboxylic acids is 2. The number of carbonyl (C=O) groups is 2. The predicted molar refractivity (Wildman–Crippen MR) is 139 cm³/mol. The number of aryl methyl sites for hydroxylation is 1. The Balaban J connectivity index is 1.26. The molecule has 39 heavy (non-hydrogen) atoms. The number of pyridine rings is 1. The number of amides is 2. The maximum absolute atomic E-state index is 15.4. The molecule has 1 aromatic carbocycles. The molecule has 200 valence electrons. The smallest absolute Gasteiger partial charge is 0.270 e. The third kappa shape index (κ3) is 4.94. The Morgan fingerprint density at radius 2 is 2.00 bits per heavy atom. The molecule has 2 aliphatic heterocycles. The van der Waals surface area contributed by atoms with Gasteiger partial charge in [-0.1, -0.05) is 17.7 Å². The van der Waals surface area contributed by atoms with Gasteiger partial charge in [0.05, 0.1) is 23.0 Å². The summed E-state index contributed by atoms with van der Waals surface area (Å²) < 4.78 is 23.2. The minimum atomic E-state index is -0.709. The van der Waals surface area contributed by atoms with E-state index in [1.807, 2.05) is 6.07 Å². The Morgan fingerprint density at radius 1 is 1.15 bits per heavy atom. The van der Waals surface area contributed by atoms with Gasteiger partial charge in [0.2, 0.25) is 0 Å². The van der Waals surface area contributed by atoms with Crippen molar-refractivity contribution >= 4 is 23.4 Å². The van der Waals surface area contributed by atoms with Crippen LogP contribution in [0.1, 0.15) is 70.6 Å². The number of ether oxygens (including phenoxy) is 1. The van der Waals surface area contributed by atoms with Crippen molar-refractivity contribution in [2.45, 2.75) is 57.2 Å². The molecule has 2 amide bonds. The van der Waals surface area contributed by atoms with Crippen LogP contribution in [0.2, 0.25) is 5.15 Å². The Labute approximate surface area is 229 Å². The van der Waals surface area contributed by atoms with Crippen LogP contribution in [0.5, 0.6) is 5.75 Å². The van der Waals surface area contributed by atoms with E-state index in [2.05, 4.69) is 14.9 Å². The number of rotatable bonds is 6. The van der Waals surface area contributed by atoms with Gasteiger partial charge in [-0.3, -0.25) is 9.59 Å². The zero-order chi connectivity index (χ0) is 27.1. The lowest BCUT2D eigenvalue weighted by Crippen LogP contribution is -2.44. The van der Waals surface area contributed by atoms with Crippen molar-refractivity contribution in [2.75, 3.05) is 13.2 Å². The normalized spacial score (nSPS) is 18.1. The molecule has 2 aromatic heterocycles. The van der Waals surface area contributed by atoms with Crippen molar-refractivity contribution < 1.29 is 18.7 Å². The van der Waals surface area contributed by atoms with Crippen molar-refractivity contribution in [3.05, 3.63) is 75.3 Å². The molecule has 1 unspecified atom stereocenters. The van der Waals surface area contributed by atoms with Gasteiger partial charge >= 0.3 is 0 Å². The second kappa shape index (κ2) is 10.3. The van der Waals surface area contributed by atoms with Crippen LogP contribution in [0.15, 0.2) is 30.3 Å². The van der Waals surface area contributed by atoms with Crippen molar-refractivity contribution in [3.8, 4) is 11.8 Å². The van der Waals surface area contributed by atoms with Gasteiger partial charge in [-0.05, 0) is 49.9 Å². The molecule has 11 heteroatoms. The molecule has 0 spiro atoms. The predicted octanol–water partition coefficient (Wildman–Crippen LogP) is 3.72. The first-order valence-corrected chi connectivity index (χ1v) is 13.5. The largest absolute Gasteiger partial charge is 0.481 e. The van der Waals surface area contributed by atoms with Crippen LogP contribution in [-0.4, -0.2) is 50.4 Å². The molecule has 1 atom stereocenters. The van der Waals surface area contributed by atoms with Crippen LogP contribution in [0.3, 0.4) is 0 Å². The lowest BCUT2D eigenvalue weighted by Gasteiger charge is -2.37. The first kappa shape index (κ1) is 25.3. The molecule has 1 saturated carbocycles. The van der Waals surface area contributed by atoms with Crippen LogP contribution in [0.4, 0.5) is 4.39 Å². The summed E-state index contributed by atoms with van der Waals surface area (Å²) in [5.74, 6) is -0.0766. The number of hydrogen-bond donors (Lipinski definition) is 1. The minimum absolute atomic E-state index is 0.0216. The summed E-state index contributed by atoms with van der Waals surface area (Å²) in [4.78, 5) is 36.4. The maximum atomic E-state index is 15.4. The molecule has 0 radical (unpaired) electrons. The molecule has 6 rings (SSSR count). The second-order valence-corrected chi connectivity index (χ2v) is 10.4. The van der Waals surface area contributed by atoms with E-state index in [4.69, 9.17) is 21.3 Å². The Morgan fingerprint density at radius 3 is 2.74 bits per heavy atom. The number of hydrogen-bond acceptors (Lipinski definition) is 6. The average molecular weight is 549 g/mol. The highest BCUT2D eigenvalue weighted by atomic mass is 35.5. The first-order chi connectivity index (χ1) is 18.9. The highest BCUT2D eigenvalue weighted by molar-refractivity contribution is 6.31. The summed E-state index contributed by atoms with van der Waals surface area (Å²) in [6.45, 7) is 0.744. The third-order valence-corrected chi connectivity index (χ3v) is 7.68. The monoisotopic (exact) mass is 548 g/mol. The quantitative estimate of drug-likeness (QED) is 0.470. The number of nitrogens with zero attached hydrogens (tertiary/aromatic N) is 5. The first-order valence-electron chi connectivity index (χ1n) is 13.1. The van der Waals surface area contributed by atoms with E-state index in [0.717, 1.165) is 55.9 Å². The Bertz CT molecular complexity index is 1510. The van der Waals surface area contributed by atoms with E-state index in [1.165, 1.54) is 18.2 Å². The Kier molecular flexibility index (Phi) is 6.69. The van der Waals surface area contributed by atoms with E-state index in [1.54, 1.807) is 17.0 Å². The van der Waals surface area contributed by atoms with Gasteiger partial charge in [0, 0.05) is 37.5 Å². The van der Waals surface area contributed by atoms with Crippen LogP contribution in [0.25, 0.3) is 0 Å². The SMILES string of the molecule is N#Cc1ccc(C2c3c(nc4n3CCCC4)CCN2C(=O)COc2ccc(C(=O)NC3CC3)nc2Cl)c(F)c1. The van der Waals surface area contributed by atoms with Crippen molar-refractivity contribution in [1.82, 2.24) is 24.8 Å². The fourth-order valence-corrected chi connectivity index (χ4v) is 5.53.